The predicted molar refractivity (Wildman–Crippen MR) is 105 cm³/mol. The number of benzene rings is 1. The summed E-state index contributed by atoms with van der Waals surface area (Å²) in [6.45, 7) is 1.62. The first-order chi connectivity index (χ1) is 15.2. The van der Waals surface area contributed by atoms with Crippen LogP contribution in [0.5, 0.6) is 0 Å². The second-order valence-electron chi connectivity index (χ2n) is 6.89. The molecule has 0 saturated heterocycles. The molecule has 2 heterocycles. The smallest absolute Gasteiger partial charge is 0.416 e. The molecule has 0 bridgehead atoms. The summed E-state index contributed by atoms with van der Waals surface area (Å²) in [6.07, 6.45) is -9.99. The standard InChI is InChI=1S/C20H14ClF6N3O3/c1-2-30-13(8-10-7-12(18(32)33)15(21)29-16(10)30)17(31)28-14(20(25,26)27)9-4-3-5-11(6-9)19(22,23)24/h3-8,14H,2H2,1H3,(H,28,31)(H,32,33). The topological polar surface area (TPSA) is 84.2 Å². The monoisotopic (exact) mass is 493 g/mol. The number of hydrogen-bond acceptors (Lipinski definition) is 3. The number of hydrogen-bond donors (Lipinski definition) is 2. The van der Waals surface area contributed by atoms with E-state index in [4.69, 9.17) is 16.7 Å². The van der Waals surface area contributed by atoms with Crippen molar-refractivity contribution in [3.05, 3.63) is 63.9 Å². The van der Waals surface area contributed by atoms with Gasteiger partial charge in [-0.25, -0.2) is 9.78 Å². The molecule has 6 nitrogen and oxygen atoms in total. The van der Waals surface area contributed by atoms with E-state index in [1.807, 2.05) is 0 Å². The number of fused-ring (bicyclic) bond motifs is 1. The number of carboxylic acid groups (broad SMARTS) is 1. The molecule has 0 aliphatic heterocycles. The maximum absolute atomic E-state index is 13.7. The second kappa shape index (κ2) is 8.58. The number of amides is 1. The Bertz CT molecular complexity index is 1240. The molecule has 3 aromatic rings. The zero-order valence-electron chi connectivity index (χ0n) is 16.6. The Morgan fingerprint density at radius 1 is 1.15 bits per heavy atom. The van der Waals surface area contributed by atoms with Crippen molar-refractivity contribution in [2.75, 3.05) is 0 Å². The molecule has 0 radical (unpaired) electrons. The molecular weight excluding hydrogens is 480 g/mol. The zero-order chi connectivity index (χ0) is 24.7. The maximum Gasteiger partial charge on any atom is 0.416 e. The van der Waals surface area contributed by atoms with Crippen LogP contribution < -0.4 is 5.32 Å². The number of carbonyl (C=O) groups is 2. The lowest BCUT2D eigenvalue weighted by Gasteiger charge is -2.23. The molecule has 2 aromatic heterocycles. The summed E-state index contributed by atoms with van der Waals surface area (Å²) in [6, 6.07) is 2.07. The average molecular weight is 494 g/mol. The molecular formula is C20H14ClF6N3O3. The highest BCUT2D eigenvalue weighted by atomic mass is 35.5. The number of carbonyl (C=O) groups excluding carboxylic acids is 1. The molecule has 2 N–H and O–H groups in total. The molecule has 1 amide bonds. The molecule has 0 spiro atoms. The van der Waals surface area contributed by atoms with Crippen LogP contribution in [-0.4, -0.2) is 32.7 Å². The first kappa shape index (κ1) is 24.4. The van der Waals surface area contributed by atoms with E-state index in [1.165, 1.54) is 4.57 Å². The Kier molecular flexibility index (Phi) is 6.33. The van der Waals surface area contributed by atoms with Gasteiger partial charge in [-0.1, -0.05) is 23.7 Å². The number of carboxylic acids is 1. The van der Waals surface area contributed by atoms with Crippen LogP contribution in [0.4, 0.5) is 26.3 Å². The highest BCUT2D eigenvalue weighted by Crippen LogP contribution is 2.36. The third kappa shape index (κ3) is 4.90. The van der Waals surface area contributed by atoms with Gasteiger partial charge in [0.1, 0.15) is 16.5 Å². The van der Waals surface area contributed by atoms with E-state index in [0.717, 1.165) is 24.3 Å². The van der Waals surface area contributed by atoms with Crippen LogP contribution in [0.15, 0.2) is 36.4 Å². The Morgan fingerprint density at radius 3 is 2.36 bits per heavy atom. The van der Waals surface area contributed by atoms with Crippen LogP contribution in [0.2, 0.25) is 5.15 Å². The van der Waals surface area contributed by atoms with Gasteiger partial charge in [-0.15, -0.1) is 0 Å². The number of alkyl halides is 6. The second-order valence-corrected chi connectivity index (χ2v) is 7.25. The number of pyridine rings is 1. The maximum atomic E-state index is 13.7. The van der Waals surface area contributed by atoms with Gasteiger partial charge in [0.15, 0.2) is 6.04 Å². The van der Waals surface area contributed by atoms with Crippen molar-refractivity contribution in [2.24, 2.45) is 0 Å². The van der Waals surface area contributed by atoms with Crippen LogP contribution in [0.1, 0.15) is 44.9 Å². The Labute approximate surface area is 186 Å². The molecule has 1 unspecified atom stereocenters. The molecule has 0 aliphatic carbocycles. The number of nitrogens with one attached hydrogen (secondary N) is 1. The van der Waals surface area contributed by atoms with E-state index in [1.54, 1.807) is 12.2 Å². The number of rotatable bonds is 5. The van der Waals surface area contributed by atoms with Gasteiger partial charge in [0.25, 0.3) is 5.91 Å². The Balaban J connectivity index is 2.05. The normalized spacial score (nSPS) is 13.2. The predicted octanol–water partition coefficient (Wildman–Crippen LogP) is 5.46. The summed E-state index contributed by atoms with van der Waals surface area (Å²) in [5.74, 6) is -2.64. The highest BCUT2D eigenvalue weighted by molar-refractivity contribution is 6.32. The van der Waals surface area contributed by atoms with Crippen LogP contribution in [0.25, 0.3) is 11.0 Å². The molecule has 3 rings (SSSR count). The third-order valence-corrected chi connectivity index (χ3v) is 5.04. The number of aromatic carboxylic acids is 1. The van der Waals surface area contributed by atoms with Gasteiger partial charge in [-0.05, 0) is 36.8 Å². The van der Waals surface area contributed by atoms with Gasteiger partial charge in [-0.2, -0.15) is 26.3 Å². The van der Waals surface area contributed by atoms with E-state index >= 15 is 0 Å². The molecule has 0 fully saturated rings. The number of halogens is 7. The van der Waals surface area contributed by atoms with Crippen molar-refractivity contribution in [3.8, 4) is 0 Å². The summed E-state index contributed by atoms with van der Waals surface area (Å²) >= 11 is 5.85. The van der Waals surface area contributed by atoms with Crippen molar-refractivity contribution >= 4 is 34.5 Å². The summed E-state index contributed by atoms with van der Waals surface area (Å²) in [5.41, 5.74) is -2.73. The number of aromatic nitrogens is 2. The van der Waals surface area contributed by atoms with Gasteiger partial charge in [0.05, 0.1) is 11.1 Å². The minimum Gasteiger partial charge on any atom is -0.478 e. The quantitative estimate of drug-likeness (QED) is 0.365. The fourth-order valence-corrected chi connectivity index (χ4v) is 3.49. The summed E-state index contributed by atoms with van der Waals surface area (Å²) in [5, 5.41) is 10.6. The van der Waals surface area contributed by atoms with Gasteiger partial charge in [-0.3, -0.25) is 4.79 Å². The van der Waals surface area contributed by atoms with Crippen molar-refractivity contribution in [1.29, 1.82) is 0 Å². The fraction of sp³-hybridized carbons (Fsp3) is 0.250. The first-order valence-electron chi connectivity index (χ1n) is 9.21. The van der Waals surface area contributed by atoms with Crippen molar-refractivity contribution in [1.82, 2.24) is 14.9 Å². The van der Waals surface area contributed by atoms with E-state index in [0.29, 0.717) is 12.1 Å². The summed E-state index contributed by atoms with van der Waals surface area (Å²) in [7, 11) is 0. The van der Waals surface area contributed by atoms with Gasteiger partial charge >= 0.3 is 18.3 Å². The lowest BCUT2D eigenvalue weighted by atomic mass is 10.0. The number of nitrogens with zero attached hydrogens (tertiary/aromatic N) is 2. The van der Waals surface area contributed by atoms with Gasteiger partial charge < -0.3 is 15.0 Å². The highest BCUT2D eigenvalue weighted by Gasteiger charge is 2.43. The minimum atomic E-state index is -5.11. The fourth-order valence-electron chi connectivity index (χ4n) is 3.27. The summed E-state index contributed by atoms with van der Waals surface area (Å²) in [4.78, 5) is 28.0. The molecule has 0 aliphatic rings. The molecule has 1 atom stereocenters. The van der Waals surface area contributed by atoms with Crippen LogP contribution >= 0.6 is 11.6 Å². The molecule has 1 aromatic carbocycles. The molecule has 0 saturated carbocycles. The van der Waals surface area contributed by atoms with Gasteiger partial charge in [0.2, 0.25) is 0 Å². The lowest BCUT2D eigenvalue weighted by molar-refractivity contribution is -0.156. The van der Waals surface area contributed by atoms with Crippen molar-refractivity contribution in [3.63, 3.8) is 0 Å². The average Bonchev–Trinajstić information content (AvgIpc) is 3.07. The van der Waals surface area contributed by atoms with Gasteiger partial charge in [0, 0.05) is 11.9 Å². The van der Waals surface area contributed by atoms with E-state index < -0.39 is 41.4 Å². The van der Waals surface area contributed by atoms with E-state index in [2.05, 4.69) is 4.98 Å². The molecule has 33 heavy (non-hydrogen) atoms. The zero-order valence-corrected chi connectivity index (χ0v) is 17.3. The minimum absolute atomic E-state index is 0.0558. The van der Waals surface area contributed by atoms with E-state index in [9.17, 15) is 35.9 Å². The SMILES string of the molecule is CCn1c(C(=O)NC(c2cccc(C(F)(F)F)c2)C(F)(F)F)cc2cc(C(=O)O)c(Cl)nc21. The van der Waals surface area contributed by atoms with Crippen molar-refractivity contribution in [2.45, 2.75) is 31.9 Å². The largest absolute Gasteiger partial charge is 0.478 e. The first-order valence-corrected chi connectivity index (χ1v) is 9.59. The third-order valence-electron chi connectivity index (χ3n) is 4.75. The van der Waals surface area contributed by atoms with Crippen LogP contribution in [0.3, 0.4) is 0 Å². The van der Waals surface area contributed by atoms with Crippen LogP contribution in [-0.2, 0) is 12.7 Å². The van der Waals surface area contributed by atoms with Crippen LogP contribution in [0, 0.1) is 0 Å². The Morgan fingerprint density at radius 2 is 1.82 bits per heavy atom. The van der Waals surface area contributed by atoms with E-state index in [-0.39, 0.29) is 34.0 Å². The number of aryl methyl sites for hydroxylation is 1. The molecule has 13 heteroatoms. The summed E-state index contributed by atoms with van der Waals surface area (Å²) < 4.78 is 81.2. The van der Waals surface area contributed by atoms with Crippen molar-refractivity contribution < 1.29 is 41.0 Å². The lowest BCUT2D eigenvalue weighted by Crippen LogP contribution is -2.39. The molecule has 176 valence electrons. The Hall–Kier alpha value is -3.28.